The minimum Gasteiger partial charge on any atom is -0.550 e. The minimum absolute atomic E-state index is 0.239. The molecule has 4 nitrogen and oxygen atoms in total. The van der Waals surface area contributed by atoms with Crippen molar-refractivity contribution >= 4 is 17.6 Å². The van der Waals surface area contributed by atoms with E-state index in [0.717, 1.165) is 30.4 Å². The van der Waals surface area contributed by atoms with Gasteiger partial charge in [0.25, 0.3) is 0 Å². The van der Waals surface area contributed by atoms with Gasteiger partial charge in [0.15, 0.2) is 0 Å². The second-order valence-electron chi connectivity index (χ2n) is 6.79. The lowest BCUT2D eigenvalue weighted by Gasteiger charge is -2.32. The molecule has 0 aliphatic heterocycles. The Kier molecular flexibility index (Phi) is 6.18. The van der Waals surface area contributed by atoms with Crippen molar-refractivity contribution in [3.8, 4) is 0 Å². The first-order chi connectivity index (χ1) is 11.4. The summed E-state index contributed by atoms with van der Waals surface area (Å²) in [4.78, 5) is 24.0. The van der Waals surface area contributed by atoms with Gasteiger partial charge in [-0.25, -0.2) is 0 Å². The number of unbranched alkanes of at least 4 members (excludes halogenated alkanes) is 1. The van der Waals surface area contributed by atoms with E-state index < -0.39 is 17.8 Å². The van der Waals surface area contributed by atoms with Crippen molar-refractivity contribution in [3.05, 3.63) is 41.0 Å². The van der Waals surface area contributed by atoms with E-state index in [2.05, 4.69) is 12.2 Å². The summed E-state index contributed by atoms with van der Waals surface area (Å²) in [5, 5.41) is 14.3. The number of anilines is 1. The molecule has 0 bridgehead atoms. The number of rotatable bonds is 6. The number of hydrogen-bond donors (Lipinski definition) is 1. The lowest BCUT2D eigenvalue weighted by Crippen LogP contribution is -2.42. The molecule has 1 aliphatic rings. The van der Waals surface area contributed by atoms with Crippen molar-refractivity contribution in [1.82, 2.24) is 0 Å². The molecular formula is C20H26NO3-. The molecule has 1 aromatic carbocycles. The summed E-state index contributed by atoms with van der Waals surface area (Å²) in [7, 11) is 0. The number of hydrogen-bond acceptors (Lipinski definition) is 3. The van der Waals surface area contributed by atoms with E-state index in [1.807, 2.05) is 38.1 Å². The van der Waals surface area contributed by atoms with Crippen molar-refractivity contribution in [2.75, 3.05) is 5.32 Å². The summed E-state index contributed by atoms with van der Waals surface area (Å²) < 4.78 is 0. The Morgan fingerprint density at radius 1 is 1.08 bits per heavy atom. The van der Waals surface area contributed by atoms with Gasteiger partial charge in [0.1, 0.15) is 0 Å². The van der Waals surface area contributed by atoms with E-state index in [0.29, 0.717) is 18.5 Å². The van der Waals surface area contributed by atoms with Crippen LogP contribution in [-0.4, -0.2) is 11.9 Å². The smallest absolute Gasteiger partial charge is 0.228 e. The molecule has 1 aliphatic carbocycles. The Bertz CT molecular complexity index is 631. The highest BCUT2D eigenvalue weighted by molar-refractivity contribution is 5.95. The quantitative estimate of drug-likeness (QED) is 0.816. The molecule has 1 aromatic rings. The van der Waals surface area contributed by atoms with E-state index >= 15 is 0 Å². The number of amides is 1. The molecule has 0 unspecified atom stereocenters. The van der Waals surface area contributed by atoms with Crippen molar-refractivity contribution in [2.45, 2.75) is 52.9 Å². The van der Waals surface area contributed by atoms with E-state index in [1.165, 1.54) is 5.56 Å². The van der Waals surface area contributed by atoms with Crippen LogP contribution >= 0.6 is 0 Å². The highest BCUT2D eigenvalue weighted by atomic mass is 16.4. The molecule has 0 aromatic heterocycles. The molecule has 130 valence electrons. The standard InChI is InChI=1S/C20H27NO3/c1-4-5-6-15-7-9-16(10-8-15)21-19(22)17-11-13(2)14(3)12-18(17)20(23)24/h7-10,17-18H,4-6,11-12H2,1-3H3,(H,21,22)(H,23,24)/p-1/t17-,18+/m1/s1. The van der Waals surface area contributed by atoms with Crippen molar-refractivity contribution in [1.29, 1.82) is 0 Å². The molecule has 0 spiro atoms. The first-order valence-corrected chi connectivity index (χ1v) is 8.68. The largest absolute Gasteiger partial charge is 0.550 e. The summed E-state index contributed by atoms with van der Waals surface area (Å²) in [6.45, 7) is 6.04. The maximum Gasteiger partial charge on any atom is 0.228 e. The van der Waals surface area contributed by atoms with Crippen LogP contribution in [0.15, 0.2) is 35.4 Å². The summed E-state index contributed by atoms with van der Waals surface area (Å²) in [5.41, 5.74) is 4.10. The highest BCUT2D eigenvalue weighted by Crippen LogP contribution is 2.34. The van der Waals surface area contributed by atoms with Gasteiger partial charge in [-0.2, -0.15) is 0 Å². The van der Waals surface area contributed by atoms with Gasteiger partial charge >= 0.3 is 0 Å². The van der Waals surface area contributed by atoms with Gasteiger partial charge in [-0.1, -0.05) is 36.6 Å². The van der Waals surface area contributed by atoms with Gasteiger partial charge in [-0.05, 0) is 57.2 Å². The predicted molar refractivity (Wildman–Crippen MR) is 93.3 cm³/mol. The summed E-state index contributed by atoms with van der Waals surface area (Å²) in [6.07, 6.45) is 4.19. The Balaban J connectivity index is 2.06. The lowest BCUT2D eigenvalue weighted by atomic mass is 9.76. The number of carboxylic acids is 1. The summed E-state index contributed by atoms with van der Waals surface area (Å²) >= 11 is 0. The van der Waals surface area contributed by atoms with Gasteiger partial charge < -0.3 is 15.2 Å². The molecule has 0 saturated heterocycles. The zero-order valence-corrected chi connectivity index (χ0v) is 14.7. The Labute approximate surface area is 144 Å². The Morgan fingerprint density at radius 3 is 2.21 bits per heavy atom. The topological polar surface area (TPSA) is 69.2 Å². The number of carbonyl (C=O) groups excluding carboxylic acids is 2. The van der Waals surface area contributed by atoms with Crippen LogP contribution in [0.4, 0.5) is 5.69 Å². The van der Waals surface area contributed by atoms with Gasteiger partial charge in [-0.15, -0.1) is 0 Å². The van der Waals surface area contributed by atoms with Gasteiger partial charge in [0, 0.05) is 17.6 Å². The number of aliphatic carboxylic acids is 1. The average molecular weight is 328 g/mol. The van der Waals surface area contributed by atoms with E-state index in [9.17, 15) is 14.7 Å². The molecule has 2 rings (SSSR count). The second kappa shape index (κ2) is 8.13. The first kappa shape index (κ1) is 18.2. The molecule has 24 heavy (non-hydrogen) atoms. The molecule has 0 radical (unpaired) electrons. The van der Waals surface area contributed by atoms with Crippen LogP contribution in [0.3, 0.4) is 0 Å². The van der Waals surface area contributed by atoms with Crippen molar-refractivity contribution in [3.63, 3.8) is 0 Å². The highest BCUT2D eigenvalue weighted by Gasteiger charge is 2.33. The Morgan fingerprint density at radius 2 is 1.67 bits per heavy atom. The van der Waals surface area contributed by atoms with Gasteiger partial charge in [-0.3, -0.25) is 4.79 Å². The number of nitrogens with one attached hydrogen (secondary N) is 1. The SMILES string of the molecule is CCCCc1ccc(NC(=O)[C@@H]2CC(C)=C(C)C[C@@H]2C(=O)[O-])cc1. The normalized spacial score (nSPS) is 20.8. The fourth-order valence-corrected chi connectivity index (χ4v) is 3.19. The van der Waals surface area contributed by atoms with E-state index in [1.54, 1.807) is 0 Å². The number of benzene rings is 1. The van der Waals surface area contributed by atoms with Gasteiger partial charge in [0.2, 0.25) is 5.91 Å². The Hall–Kier alpha value is -2.10. The van der Waals surface area contributed by atoms with Gasteiger partial charge in [0.05, 0.1) is 5.92 Å². The number of aryl methyl sites for hydroxylation is 1. The monoisotopic (exact) mass is 328 g/mol. The maximum atomic E-state index is 12.6. The molecule has 2 atom stereocenters. The molecule has 4 heteroatoms. The third-order valence-corrected chi connectivity index (χ3v) is 4.95. The zero-order chi connectivity index (χ0) is 17.7. The molecular weight excluding hydrogens is 302 g/mol. The molecule has 0 heterocycles. The fourth-order valence-electron chi connectivity index (χ4n) is 3.19. The van der Waals surface area contributed by atoms with E-state index in [-0.39, 0.29) is 5.91 Å². The van der Waals surface area contributed by atoms with Crippen LogP contribution < -0.4 is 10.4 Å². The molecule has 1 amide bonds. The van der Waals surface area contributed by atoms with Crippen LogP contribution in [0.1, 0.15) is 52.0 Å². The van der Waals surface area contributed by atoms with Crippen LogP contribution in [0.5, 0.6) is 0 Å². The number of carbonyl (C=O) groups is 2. The lowest BCUT2D eigenvalue weighted by molar-refractivity contribution is -0.313. The van der Waals surface area contributed by atoms with Crippen LogP contribution in [-0.2, 0) is 16.0 Å². The molecule has 0 fully saturated rings. The predicted octanol–water partition coefficient (Wildman–Crippen LogP) is 3.08. The number of carboxylic acid groups (broad SMARTS) is 1. The number of allylic oxidation sites excluding steroid dienone is 2. The summed E-state index contributed by atoms with van der Waals surface area (Å²) in [6, 6.07) is 7.79. The average Bonchev–Trinajstić information content (AvgIpc) is 2.56. The van der Waals surface area contributed by atoms with Crippen LogP contribution in [0.2, 0.25) is 0 Å². The van der Waals surface area contributed by atoms with Crippen LogP contribution in [0.25, 0.3) is 0 Å². The maximum absolute atomic E-state index is 12.6. The summed E-state index contributed by atoms with van der Waals surface area (Å²) in [5.74, 6) is -2.70. The minimum atomic E-state index is -1.14. The fraction of sp³-hybridized carbons (Fsp3) is 0.500. The van der Waals surface area contributed by atoms with Crippen molar-refractivity contribution < 1.29 is 14.7 Å². The second-order valence-corrected chi connectivity index (χ2v) is 6.79. The molecule has 0 saturated carbocycles. The third kappa shape index (κ3) is 4.47. The van der Waals surface area contributed by atoms with E-state index in [4.69, 9.17) is 0 Å². The zero-order valence-electron chi connectivity index (χ0n) is 14.7. The van der Waals surface area contributed by atoms with Crippen LogP contribution in [0, 0.1) is 11.8 Å². The molecule has 1 N–H and O–H groups in total. The van der Waals surface area contributed by atoms with Crippen molar-refractivity contribution in [2.24, 2.45) is 11.8 Å². The third-order valence-electron chi connectivity index (χ3n) is 4.95. The first-order valence-electron chi connectivity index (χ1n) is 8.68.